The van der Waals surface area contributed by atoms with Gasteiger partial charge in [0.05, 0.1) is 37.4 Å². The van der Waals surface area contributed by atoms with Crippen LogP contribution in [0.15, 0.2) is 36.7 Å². The predicted molar refractivity (Wildman–Crippen MR) is 123 cm³/mol. The molecule has 1 aliphatic heterocycles. The van der Waals surface area contributed by atoms with E-state index in [0.29, 0.717) is 37.6 Å². The van der Waals surface area contributed by atoms with Crippen LogP contribution in [0.2, 0.25) is 0 Å². The van der Waals surface area contributed by atoms with Crippen molar-refractivity contribution in [3.05, 3.63) is 36.7 Å². The zero-order chi connectivity index (χ0) is 23.2. The number of carbonyl (C=O) groups is 2. The molecule has 33 heavy (non-hydrogen) atoms. The fourth-order valence-electron chi connectivity index (χ4n) is 4.60. The van der Waals surface area contributed by atoms with E-state index in [1.165, 1.54) is 6.20 Å². The summed E-state index contributed by atoms with van der Waals surface area (Å²) in [4.78, 5) is 35.0. The molecule has 1 saturated heterocycles. The van der Waals surface area contributed by atoms with Gasteiger partial charge in [-0.3, -0.25) is 14.6 Å². The number of amides is 1. The molecule has 2 aliphatic rings. The lowest BCUT2D eigenvalue weighted by Gasteiger charge is -2.33. The van der Waals surface area contributed by atoms with Crippen LogP contribution in [0.5, 0.6) is 11.5 Å². The first-order valence-corrected chi connectivity index (χ1v) is 11.5. The fraction of sp³-hybridized carbons (Fsp3) is 0.500. The number of hydrogen-bond donors (Lipinski definition) is 2. The van der Waals surface area contributed by atoms with Crippen LogP contribution < -0.4 is 19.7 Å². The first kappa shape index (κ1) is 22.8. The third-order valence-corrected chi connectivity index (χ3v) is 6.19. The summed E-state index contributed by atoms with van der Waals surface area (Å²) in [5, 5.41) is 12.1. The smallest absolute Gasteiger partial charge is 0.307 e. The van der Waals surface area contributed by atoms with Crippen molar-refractivity contribution in [3.63, 3.8) is 0 Å². The zero-order valence-corrected chi connectivity index (χ0v) is 18.8. The van der Waals surface area contributed by atoms with Crippen LogP contribution in [0.1, 0.15) is 39.0 Å². The maximum atomic E-state index is 12.7. The lowest BCUT2D eigenvalue weighted by atomic mass is 9.95. The molecule has 2 aromatic rings. The Morgan fingerprint density at radius 1 is 1.12 bits per heavy atom. The SMILES string of the molecule is CCOc1ccccc1OC1CCCN(c2cncc(NC(=O)C3CCC[C@H]3C(=O)O)n2)C1. The topological polar surface area (TPSA) is 114 Å². The van der Waals surface area contributed by atoms with Crippen LogP contribution in [0.25, 0.3) is 0 Å². The minimum absolute atomic E-state index is 0.0322. The van der Waals surface area contributed by atoms with Gasteiger partial charge in [0.25, 0.3) is 0 Å². The normalized spacial score (nSPS) is 22.6. The highest BCUT2D eigenvalue weighted by Gasteiger charge is 2.38. The molecule has 1 aromatic heterocycles. The van der Waals surface area contributed by atoms with Gasteiger partial charge >= 0.3 is 5.97 Å². The molecule has 1 aromatic carbocycles. The molecule has 2 unspecified atom stereocenters. The van der Waals surface area contributed by atoms with Crippen molar-refractivity contribution >= 4 is 23.5 Å². The number of carboxylic acids is 1. The highest BCUT2D eigenvalue weighted by molar-refractivity contribution is 5.94. The van der Waals surface area contributed by atoms with Crippen LogP contribution >= 0.6 is 0 Å². The molecule has 4 rings (SSSR count). The lowest BCUT2D eigenvalue weighted by Crippen LogP contribution is -2.41. The van der Waals surface area contributed by atoms with Gasteiger partial charge in [0.1, 0.15) is 11.9 Å². The molecule has 9 nitrogen and oxygen atoms in total. The average molecular weight is 455 g/mol. The summed E-state index contributed by atoms with van der Waals surface area (Å²) < 4.78 is 11.9. The predicted octanol–water partition coefficient (Wildman–Crippen LogP) is 3.36. The maximum Gasteiger partial charge on any atom is 0.307 e. The Labute approximate surface area is 193 Å². The number of piperidine rings is 1. The molecule has 176 valence electrons. The first-order chi connectivity index (χ1) is 16.0. The van der Waals surface area contributed by atoms with Crippen molar-refractivity contribution < 1.29 is 24.2 Å². The Morgan fingerprint density at radius 3 is 2.70 bits per heavy atom. The van der Waals surface area contributed by atoms with E-state index in [4.69, 9.17) is 9.47 Å². The Kier molecular flexibility index (Phi) is 7.26. The van der Waals surface area contributed by atoms with Crippen molar-refractivity contribution in [1.29, 1.82) is 0 Å². The number of hydrogen-bond acceptors (Lipinski definition) is 7. The number of nitrogens with zero attached hydrogens (tertiary/aromatic N) is 3. The molecule has 0 bridgehead atoms. The number of aromatic nitrogens is 2. The van der Waals surface area contributed by atoms with Gasteiger partial charge in [0.15, 0.2) is 17.3 Å². The summed E-state index contributed by atoms with van der Waals surface area (Å²) in [6.45, 7) is 3.95. The van der Waals surface area contributed by atoms with E-state index in [1.807, 2.05) is 31.2 Å². The highest BCUT2D eigenvalue weighted by atomic mass is 16.5. The molecule has 1 saturated carbocycles. The summed E-state index contributed by atoms with van der Waals surface area (Å²) >= 11 is 0. The van der Waals surface area contributed by atoms with Crippen LogP contribution in [0, 0.1) is 11.8 Å². The molecule has 0 radical (unpaired) electrons. The number of nitrogens with one attached hydrogen (secondary N) is 1. The summed E-state index contributed by atoms with van der Waals surface area (Å²) in [6, 6.07) is 7.66. The number of anilines is 2. The van der Waals surface area contributed by atoms with Gasteiger partial charge in [-0.15, -0.1) is 0 Å². The number of aliphatic carboxylic acids is 1. The van der Waals surface area contributed by atoms with Gasteiger partial charge in [-0.05, 0) is 44.7 Å². The van der Waals surface area contributed by atoms with E-state index in [2.05, 4.69) is 20.2 Å². The van der Waals surface area contributed by atoms with Crippen molar-refractivity contribution in [2.45, 2.75) is 45.1 Å². The number of carboxylic acid groups (broad SMARTS) is 1. The fourth-order valence-corrected chi connectivity index (χ4v) is 4.60. The quantitative estimate of drug-likeness (QED) is 0.624. The molecule has 0 spiro atoms. The van der Waals surface area contributed by atoms with Crippen molar-refractivity contribution in [3.8, 4) is 11.5 Å². The molecule has 3 atom stereocenters. The second-order valence-corrected chi connectivity index (χ2v) is 8.44. The summed E-state index contributed by atoms with van der Waals surface area (Å²) in [7, 11) is 0. The van der Waals surface area contributed by atoms with Crippen LogP contribution in [0.4, 0.5) is 11.6 Å². The van der Waals surface area contributed by atoms with E-state index >= 15 is 0 Å². The van der Waals surface area contributed by atoms with Crippen LogP contribution in [0.3, 0.4) is 0 Å². The Balaban J connectivity index is 1.41. The Bertz CT molecular complexity index is 985. The van der Waals surface area contributed by atoms with Gasteiger partial charge < -0.3 is 24.8 Å². The number of para-hydroxylation sites is 2. The summed E-state index contributed by atoms with van der Waals surface area (Å²) in [6.07, 6.45) is 6.81. The highest BCUT2D eigenvalue weighted by Crippen LogP contribution is 2.33. The largest absolute Gasteiger partial charge is 0.490 e. The molecule has 1 amide bonds. The number of rotatable bonds is 8. The third-order valence-electron chi connectivity index (χ3n) is 6.19. The second kappa shape index (κ2) is 10.5. The summed E-state index contributed by atoms with van der Waals surface area (Å²) in [5.41, 5.74) is 0. The van der Waals surface area contributed by atoms with Gasteiger partial charge in [-0.25, -0.2) is 4.98 Å². The lowest BCUT2D eigenvalue weighted by molar-refractivity contribution is -0.145. The van der Waals surface area contributed by atoms with Crippen LogP contribution in [-0.2, 0) is 9.59 Å². The zero-order valence-electron chi connectivity index (χ0n) is 18.8. The second-order valence-electron chi connectivity index (χ2n) is 8.44. The average Bonchev–Trinajstić information content (AvgIpc) is 3.32. The molecular formula is C24H30N4O5. The molecule has 1 aliphatic carbocycles. The molecular weight excluding hydrogens is 424 g/mol. The van der Waals surface area contributed by atoms with E-state index in [1.54, 1.807) is 6.20 Å². The van der Waals surface area contributed by atoms with Crippen molar-refractivity contribution in [1.82, 2.24) is 9.97 Å². The van der Waals surface area contributed by atoms with Gasteiger partial charge in [0, 0.05) is 6.54 Å². The molecule has 2 fully saturated rings. The van der Waals surface area contributed by atoms with Gasteiger partial charge in [0.2, 0.25) is 5.91 Å². The number of benzene rings is 1. The maximum absolute atomic E-state index is 12.7. The molecule has 9 heteroatoms. The van der Waals surface area contributed by atoms with Crippen molar-refractivity contribution in [2.24, 2.45) is 11.8 Å². The van der Waals surface area contributed by atoms with E-state index in [9.17, 15) is 14.7 Å². The Hall–Kier alpha value is -3.36. The standard InChI is InChI=1S/C24H30N4O5/c1-2-32-19-10-3-4-11-20(19)33-16-7-6-12-28(15-16)22-14-25-13-21(26-22)27-23(29)17-8-5-9-18(17)24(30)31/h3-4,10-11,13-14,16-18H,2,5-9,12,15H2,1H3,(H,30,31)(H,26,27,29)/t16?,17?,18-/m1/s1. The number of carbonyl (C=O) groups excluding carboxylic acids is 1. The van der Waals surface area contributed by atoms with Crippen LogP contribution in [-0.4, -0.2) is 52.8 Å². The van der Waals surface area contributed by atoms with E-state index < -0.39 is 17.8 Å². The Morgan fingerprint density at radius 2 is 1.91 bits per heavy atom. The molecule has 2 heterocycles. The summed E-state index contributed by atoms with van der Waals surface area (Å²) in [5.74, 6) is 0.0399. The van der Waals surface area contributed by atoms with Gasteiger partial charge in [-0.2, -0.15) is 0 Å². The van der Waals surface area contributed by atoms with E-state index in [-0.39, 0.29) is 12.0 Å². The minimum atomic E-state index is -0.919. The first-order valence-electron chi connectivity index (χ1n) is 11.5. The minimum Gasteiger partial charge on any atom is -0.490 e. The van der Waals surface area contributed by atoms with E-state index in [0.717, 1.165) is 37.3 Å². The van der Waals surface area contributed by atoms with Crippen molar-refractivity contribution in [2.75, 3.05) is 29.9 Å². The molecule has 2 N–H and O–H groups in total. The number of ether oxygens (including phenoxy) is 2. The van der Waals surface area contributed by atoms with Gasteiger partial charge in [-0.1, -0.05) is 18.6 Å². The third kappa shape index (κ3) is 5.53. The monoisotopic (exact) mass is 454 g/mol.